The molecule has 4 aromatic rings. The second-order valence-corrected chi connectivity index (χ2v) is 9.65. The molecule has 0 radical (unpaired) electrons. The van der Waals surface area contributed by atoms with Gasteiger partial charge in [0.15, 0.2) is 5.11 Å². The van der Waals surface area contributed by atoms with Crippen molar-refractivity contribution in [3.8, 4) is 11.4 Å². The Morgan fingerprint density at radius 2 is 1.61 bits per heavy atom. The highest BCUT2D eigenvalue weighted by atomic mass is 32.1. The molecule has 1 aliphatic rings. The molecule has 1 N–H and O–H groups in total. The Labute approximate surface area is 215 Å². The molecular weight excluding hydrogens is 471 g/mol. The van der Waals surface area contributed by atoms with Gasteiger partial charge in [-0.3, -0.25) is 4.90 Å². The van der Waals surface area contributed by atoms with Crippen LogP contribution in [0.2, 0.25) is 0 Å². The van der Waals surface area contributed by atoms with Crippen LogP contribution in [-0.4, -0.2) is 15.3 Å². The maximum Gasteiger partial charge on any atom is 0.258 e. The fraction of sp³-hybridized carbons (Fsp3) is 0.207. The van der Waals surface area contributed by atoms with E-state index in [1.807, 2.05) is 11.8 Å². The summed E-state index contributed by atoms with van der Waals surface area (Å²) in [7, 11) is 0. The first-order valence-corrected chi connectivity index (χ1v) is 12.2. The first kappa shape index (κ1) is 23.9. The van der Waals surface area contributed by atoms with E-state index in [9.17, 15) is 4.39 Å². The molecular formula is C29H27FN4OS. The van der Waals surface area contributed by atoms with Crippen LogP contribution in [0.3, 0.4) is 0 Å². The van der Waals surface area contributed by atoms with Crippen LogP contribution in [0.1, 0.15) is 46.7 Å². The molecule has 1 atom stereocenters. The SMILES string of the molecule is CC1=C(c2nc(-c3cccc(F)c3)no2)C(c2ccc(C)c(C)c2)NC(=S)N1c1ccc(C)c(C)c1. The third-order valence-electron chi connectivity index (χ3n) is 6.84. The molecule has 36 heavy (non-hydrogen) atoms. The normalized spacial score (nSPS) is 15.9. The quantitative estimate of drug-likeness (QED) is 0.307. The maximum atomic E-state index is 13.8. The van der Waals surface area contributed by atoms with E-state index in [4.69, 9.17) is 16.7 Å². The Balaban J connectivity index is 1.68. The average molecular weight is 499 g/mol. The Kier molecular flexibility index (Phi) is 6.18. The van der Waals surface area contributed by atoms with Gasteiger partial charge in [-0.1, -0.05) is 41.6 Å². The highest BCUT2D eigenvalue weighted by molar-refractivity contribution is 7.80. The maximum absolute atomic E-state index is 13.8. The Bertz CT molecular complexity index is 1520. The van der Waals surface area contributed by atoms with E-state index in [0.717, 1.165) is 22.5 Å². The molecule has 0 bridgehead atoms. The fourth-order valence-corrected chi connectivity index (χ4v) is 4.83. The molecule has 5 rings (SSSR count). The van der Waals surface area contributed by atoms with Gasteiger partial charge in [0.2, 0.25) is 5.82 Å². The van der Waals surface area contributed by atoms with Crippen molar-refractivity contribution in [2.24, 2.45) is 0 Å². The predicted molar refractivity (Wildman–Crippen MR) is 145 cm³/mol. The molecule has 1 aliphatic heterocycles. The molecule has 1 aromatic heterocycles. The molecule has 3 aromatic carbocycles. The smallest absolute Gasteiger partial charge is 0.258 e. The zero-order valence-corrected chi connectivity index (χ0v) is 21.7. The number of nitrogens with zero attached hydrogens (tertiary/aromatic N) is 3. The zero-order chi connectivity index (χ0) is 25.6. The Morgan fingerprint density at radius 1 is 0.889 bits per heavy atom. The lowest BCUT2D eigenvalue weighted by molar-refractivity contribution is 0.404. The molecule has 0 spiro atoms. The van der Waals surface area contributed by atoms with Gasteiger partial charge in [-0.25, -0.2) is 4.39 Å². The summed E-state index contributed by atoms with van der Waals surface area (Å²) in [4.78, 5) is 6.68. The Hall–Kier alpha value is -3.84. The minimum absolute atomic E-state index is 0.291. The van der Waals surface area contributed by atoms with Crippen LogP contribution < -0.4 is 10.2 Å². The third-order valence-corrected chi connectivity index (χ3v) is 7.14. The van der Waals surface area contributed by atoms with Crippen LogP contribution in [0.5, 0.6) is 0 Å². The predicted octanol–water partition coefficient (Wildman–Crippen LogP) is 6.98. The lowest BCUT2D eigenvalue weighted by Crippen LogP contribution is -2.46. The molecule has 0 amide bonds. The van der Waals surface area contributed by atoms with Crippen molar-refractivity contribution in [1.29, 1.82) is 0 Å². The number of anilines is 1. The fourth-order valence-electron chi connectivity index (χ4n) is 4.47. The van der Waals surface area contributed by atoms with E-state index >= 15 is 0 Å². The molecule has 1 unspecified atom stereocenters. The monoisotopic (exact) mass is 498 g/mol. The summed E-state index contributed by atoms with van der Waals surface area (Å²) in [5.74, 6) is 0.334. The van der Waals surface area contributed by atoms with Crippen LogP contribution in [0, 0.1) is 33.5 Å². The minimum Gasteiger partial charge on any atom is -0.351 e. The van der Waals surface area contributed by atoms with Crippen molar-refractivity contribution in [3.63, 3.8) is 0 Å². The summed E-state index contributed by atoms with van der Waals surface area (Å²) in [6.07, 6.45) is 0. The van der Waals surface area contributed by atoms with Crippen molar-refractivity contribution >= 4 is 28.6 Å². The van der Waals surface area contributed by atoms with Crippen molar-refractivity contribution in [1.82, 2.24) is 15.5 Å². The van der Waals surface area contributed by atoms with Crippen molar-refractivity contribution in [2.75, 3.05) is 4.90 Å². The van der Waals surface area contributed by atoms with Gasteiger partial charge in [0, 0.05) is 16.9 Å². The highest BCUT2D eigenvalue weighted by Gasteiger charge is 2.35. The summed E-state index contributed by atoms with van der Waals surface area (Å²) < 4.78 is 19.6. The largest absolute Gasteiger partial charge is 0.351 e. The lowest BCUT2D eigenvalue weighted by Gasteiger charge is -2.37. The van der Waals surface area contributed by atoms with Crippen LogP contribution >= 0.6 is 12.2 Å². The number of hydrogen-bond donors (Lipinski definition) is 1. The first-order chi connectivity index (χ1) is 17.2. The summed E-state index contributed by atoms with van der Waals surface area (Å²) in [6, 6.07) is 18.5. The summed E-state index contributed by atoms with van der Waals surface area (Å²) >= 11 is 5.87. The second-order valence-electron chi connectivity index (χ2n) is 9.26. The number of aromatic nitrogens is 2. The van der Waals surface area contributed by atoms with E-state index in [1.54, 1.807) is 12.1 Å². The van der Waals surface area contributed by atoms with Gasteiger partial charge < -0.3 is 9.84 Å². The van der Waals surface area contributed by atoms with Gasteiger partial charge in [-0.2, -0.15) is 4.98 Å². The van der Waals surface area contributed by atoms with E-state index in [2.05, 4.69) is 79.6 Å². The number of rotatable bonds is 4. The van der Waals surface area contributed by atoms with Gasteiger partial charge >= 0.3 is 0 Å². The standard InChI is InChI=1S/C29H27FN4OS/c1-16-9-11-21(13-18(16)3)26-25(28-32-27(33-35-28)22-7-6-8-23(30)15-22)20(5)34(29(36)31-26)24-12-10-17(2)19(4)14-24/h6-15,26H,1-5H3,(H,31,36). The Morgan fingerprint density at radius 3 is 2.31 bits per heavy atom. The molecule has 0 aliphatic carbocycles. The molecule has 0 saturated carbocycles. The number of thiocarbonyl (C=S) groups is 1. The van der Waals surface area contributed by atoms with Crippen LogP contribution in [-0.2, 0) is 0 Å². The molecule has 7 heteroatoms. The van der Waals surface area contributed by atoms with Crippen molar-refractivity contribution in [3.05, 3.63) is 106 Å². The number of hydrogen-bond acceptors (Lipinski definition) is 4. The van der Waals surface area contributed by atoms with Gasteiger partial charge in [-0.05, 0) is 98.9 Å². The number of nitrogens with one attached hydrogen (secondary N) is 1. The van der Waals surface area contributed by atoms with Crippen LogP contribution in [0.4, 0.5) is 10.1 Å². The second kappa shape index (κ2) is 9.32. The van der Waals surface area contributed by atoms with Crippen LogP contribution in [0.25, 0.3) is 17.0 Å². The zero-order valence-electron chi connectivity index (χ0n) is 20.9. The van der Waals surface area contributed by atoms with Crippen LogP contribution in [0.15, 0.2) is 70.9 Å². The number of benzene rings is 3. The van der Waals surface area contributed by atoms with Gasteiger partial charge in [-0.15, -0.1) is 0 Å². The van der Waals surface area contributed by atoms with Gasteiger partial charge in [0.1, 0.15) is 5.82 Å². The average Bonchev–Trinajstić information content (AvgIpc) is 3.32. The third kappa shape index (κ3) is 4.31. The summed E-state index contributed by atoms with van der Waals surface area (Å²) in [6.45, 7) is 10.4. The molecule has 182 valence electrons. The molecule has 0 fully saturated rings. The number of allylic oxidation sites excluding steroid dienone is 1. The van der Waals surface area contributed by atoms with Crippen molar-refractivity contribution in [2.45, 2.75) is 40.7 Å². The lowest BCUT2D eigenvalue weighted by atomic mass is 9.92. The first-order valence-electron chi connectivity index (χ1n) is 11.8. The van der Waals surface area contributed by atoms with E-state index in [0.29, 0.717) is 22.4 Å². The molecule has 2 heterocycles. The van der Waals surface area contributed by atoms with Gasteiger partial charge in [0.25, 0.3) is 5.89 Å². The van der Waals surface area contributed by atoms with E-state index < -0.39 is 0 Å². The summed E-state index contributed by atoms with van der Waals surface area (Å²) in [5.41, 5.74) is 9.03. The minimum atomic E-state index is -0.354. The number of halogens is 1. The number of aryl methyl sites for hydroxylation is 4. The topological polar surface area (TPSA) is 54.2 Å². The highest BCUT2D eigenvalue weighted by Crippen LogP contribution is 2.40. The van der Waals surface area contributed by atoms with Gasteiger partial charge in [0.05, 0.1) is 11.6 Å². The van der Waals surface area contributed by atoms with E-state index in [-0.39, 0.29) is 11.9 Å². The van der Waals surface area contributed by atoms with E-state index in [1.165, 1.54) is 34.4 Å². The van der Waals surface area contributed by atoms with Crippen molar-refractivity contribution < 1.29 is 8.91 Å². The molecule has 5 nitrogen and oxygen atoms in total. The molecule has 0 saturated heterocycles. The summed E-state index contributed by atoms with van der Waals surface area (Å²) in [5, 5.41) is 8.27.